The number of hydrogen-bond donors (Lipinski definition) is 2. The Bertz CT molecular complexity index is 1200. The Morgan fingerprint density at radius 2 is 2.00 bits per heavy atom. The lowest BCUT2D eigenvalue weighted by Gasteiger charge is -2.07. The lowest BCUT2D eigenvalue weighted by Crippen LogP contribution is -2.36. The number of thiophene rings is 1. The maximum Gasteiger partial charge on any atom is 0.349 e. The molecule has 4 aromatic rings. The molecule has 1 aromatic carbocycles. The molecule has 1 amide bonds. The number of anilines is 1. The van der Waals surface area contributed by atoms with E-state index in [2.05, 4.69) is 15.6 Å². The van der Waals surface area contributed by atoms with Crippen molar-refractivity contribution in [2.75, 3.05) is 5.32 Å². The molecule has 3 aromatic heterocycles. The van der Waals surface area contributed by atoms with Crippen molar-refractivity contribution in [1.29, 1.82) is 0 Å². The number of carbonyl (C=O) groups is 1. The molecule has 0 aliphatic heterocycles. The predicted molar refractivity (Wildman–Crippen MR) is 112 cm³/mol. The first-order chi connectivity index (χ1) is 13.1. The number of nitrogens with one attached hydrogen (secondary N) is 2. The van der Waals surface area contributed by atoms with Crippen molar-refractivity contribution in [2.24, 2.45) is 0 Å². The summed E-state index contributed by atoms with van der Waals surface area (Å²) in [5, 5.41) is 10.5. The maximum atomic E-state index is 12.4. The lowest BCUT2D eigenvalue weighted by atomic mass is 10.2. The first-order valence-corrected chi connectivity index (χ1v) is 9.91. The summed E-state index contributed by atoms with van der Waals surface area (Å²) in [6, 6.07) is 12.4. The first kappa shape index (κ1) is 17.5. The Kier molecular flexibility index (Phi) is 4.80. The number of carbonyl (C=O) groups excluding carboxylic acids is 1. The lowest BCUT2D eigenvalue weighted by molar-refractivity contribution is 0.0974. The minimum absolute atomic E-state index is 0.0552. The second-order valence-electron chi connectivity index (χ2n) is 5.41. The summed E-state index contributed by atoms with van der Waals surface area (Å²) in [6.45, 7) is 0. The number of rotatable bonds is 3. The van der Waals surface area contributed by atoms with E-state index in [0.29, 0.717) is 16.1 Å². The fraction of sp³-hybridized carbons (Fsp3) is 0. The van der Waals surface area contributed by atoms with Crippen LogP contribution in [0.25, 0.3) is 21.5 Å². The van der Waals surface area contributed by atoms with Crippen molar-refractivity contribution in [1.82, 2.24) is 10.3 Å². The largest absolute Gasteiger partial charge is 0.422 e. The van der Waals surface area contributed by atoms with E-state index in [1.54, 1.807) is 35.6 Å². The highest BCUT2D eigenvalue weighted by Gasteiger charge is 2.15. The molecule has 0 spiro atoms. The van der Waals surface area contributed by atoms with Crippen LogP contribution in [0.1, 0.15) is 10.4 Å². The van der Waals surface area contributed by atoms with Gasteiger partial charge in [0, 0.05) is 10.8 Å². The van der Waals surface area contributed by atoms with Crippen molar-refractivity contribution >= 4 is 62.0 Å². The minimum atomic E-state index is -0.719. The summed E-state index contributed by atoms with van der Waals surface area (Å²) in [4.78, 5) is 29.9. The fourth-order valence-electron chi connectivity index (χ4n) is 2.39. The van der Waals surface area contributed by atoms with Gasteiger partial charge in [0.2, 0.25) is 0 Å². The van der Waals surface area contributed by atoms with E-state index < -0.39 is 11.5 Å². The number of para-hydroxylation sites is 1. The molecule has 4 rings (SSSR count). The molecule has 9 heteroatoms. The highest BCUT2D eigenvalue weighted by atomic mass is 32.1. The van der Waals surface area contributed by atoms with Crippen LogP contribution in [0.3, 0.4) is 0 Å². The van der Waals surface area contributed by atoms with Gasteiger partial charge in [-0.1, -0.05) is 24.3 Å². The number of thiazole rings is 1. The smallest absolute Gasteiger partial charge is 0.349 e. The van der Waals surface area contributed by atoms with Gasteiger partial charge in [-0.15, -0.1) is 22.7 Å². The average molecular weight is 414 g/mol. The van der Waals surface area contributed by atoms with Gasteiger partial charge >= 0.3 is 5.63 Å². The normalized spacial score (nSPS) is 10.7. The van der Waals surface area contributed by atoms with E-state index in [-0.39, 0.29) is 10.7 Å². The van der Waals surface area contributed by atoms with Crippen LogP contribution in [0.5, 0.6) is 0 Å². The van der Waals surface area contributed by atoms with Gasteiger partial charge < -0.3 is 9.73 Å². The molecule has 0 fully saturated rings. The topological polar surface area (TPSA) is 84.2 Å². The van der Waals surface area contributed by atoms with E-state index in [0.717, 1.165) is 10.6 Å². The van der Waals surface area contributed by atoms with Gasteiger partial charge in [-0.25, -0.2) is 9.78 Å². The summed E-state index contributed by atoms with van der Waals surface area (Å²) in [6.07, 6.45) is 0. The average Bonchev–Trinajstić information content (AvgIpc) is 3.32. The second-order valence-corrected chi connectivity index (χ2v) is 7.62. The number of amides is 1. The van der Waals surface area contributed by atoms with E-state index >= 15 is 0 Å². The van der Waals surface area contributed by atoms with Crippen molar-refractivity contribution in [2.45, 2.75) is 0 Å². The molecule has 3 heterocycles. The second kappa shape index (κ2) is 7.39. The van der Waals surface area contributed by atoms with Crippen LogP contribution in [-0.4, -0.2) is 16.0 Å². The van der Waals surface area contributed by atoms with E-state index in [4.69, 9.17) is 16.6 Å². The summed E-state index contributed by atoms with van der Waals surface area (Å²) >= 11 is 8.11. The minimum Gasteiger partial charge on any atom is -0.422 e. The van der Waals surface area contributed by atoms with Crippen LogP contribution in [-0.2, 0) is 0 Å². The Hall–Kier alpha value is -2.88. The van der Waals surface area contributed by atoms with Gasteiger partial charge in [-0.05, 0) is 35.8 Å². The standard InChI is InChI=1S/C18H11N3O3S3/c22-15(11-8-10-4-1-2-5-13(10)24-16(11)23)20-17(25)21-18-19-12(9-27-18)14-6-3-7-26-14/h1-9H,(H2,19,20,21,22,25). The van der Waals surface area contributed by atoms with Crippen molar-refractivity contribution in [3.8, 4) is 10.6 Å². The highest BCUT2D eigenvalue weighted by molar-refractivity contribution is 7.80. The number of hydrogen-bond acceptors (Lipinski definition) is 7. The van der Waals surface area contributed by atoms with Gasteiger partial charge in [0.1, 0.15) is 11.1 Å². The Morgan fingerprint density at radius 3 is 2.81 bits per heavy atom. The Morgan fingerprint density at radius 1 is 1.15 bits per heavy atom. The molecule has 2 N–H and O–H groups in total. The highest BCUT2D eigenvalue weighted by Crippen LogP contribution is 2.28. The van der Waals surface area contributed by atoms with E-state index in [1.807, 2.05) is 22.9 Å². The van der Waals surface area contributed by atoms with Crippen LogP contribution < -0.4 is 16.3 Å². The quantitative estimate of drug-likeness (QED) is 0.389. The molecule has 27 heavy (non-hydrogen) atoms. The summed E-state index contributed by atoms with van der Waals surface area (Å²) in [5.41, 5.74) is 0.421. The zero-order valence-corrected chi connectivity index (χ0v) is 16.0. The third-order valence-electron chi connectivity index (χ3n) is 3.61. The number of nitrogens with zero attached hydrogens (tertiary/aromatic N) is 1. The summed E-state index contributed by atoms with van der Waals surface area (Å²) in [5.74, 6) is -0.637. The van der Waals surface area contributed by atoms with Crippen molar-refractivity contribution < 1.29 is 9.21 Å². The molecule has 134 valence electrons. The van der Waals surface area contributed by atoms with Crippen molar-refractivity contribution in [3.05, 3.63) is 69.2 Å². The molecule has 0 aliphatic rings. The molecule has 0 unspecified atom stereocenters. The number of thiocarbonyl (C=S) groups is 1. The van der Waals surface area contributed by atoms with E-state index in [9.17, 15) is 9.59 Å². The summed E-state index contributed by atoms with van der Waals surface area (Å²) in [7, 11) is 0. The number of benzene rings is 1. The zero-order valence-electron chi connectivity index (χ0n) is 13.6. The van der Waals surface area contributed by atoms with Crippen LogP contribution in [0, 0.1) is 0 Å². The Labute approximate surface area is 166 Å². The summed E-state index contributed by atoms with van der Waals surface area (Å²) < 4.78 is 5.17. The van der Waals surface area contributed by atoms with E-state index in [1.165, 1.54) is 17.4 Å². The molecular weight excluding hydrogens is 402 g/mol. The van der Waals surface area contributed by atoms with Gasteiger partial charge in [0.25, 0.3) is 5.91 Å². The predicted octanol–water partition coefficient (Wildman–Crippen LogP) is 4.10. The van der Waals surface area contributed by atoms with Gasteiger partial charge in [-0.2, -0.15) is 0 Å². The van der Waals surface area contributed by atoms with Crippen LogP contribution in [0.2, 0.25) is 0 Å². The van der Waals surface area contributed by atoms with Crippen LogP contribution >= 0.6 is 34.9 Å². The van der Waals surface area contributed by atoms with Gasteiger partial charge in [0.05, 0.1) is 10.6 Å². The SMILES string of the molecule is O=C(NC(=S)Nc1nc(-c2cccs2)cs1)c1cc2ccccc2oc1=O. The molecular formula is C18H11N3O3S3. The van der Waals surface area contributed by atoms with Gasteiger partial charge in [-0.3, -0.25) is 10.1 Å². The monoisotopic (exact) mass is 413 g/mol. The third-order valence-corrected chi connectivity index (χ3v) is 5.47. The number of fused-ring (bicyclic) bond motifs is 1. The molecule has 6 nitrogen and oxygen atoms in total. The first-order valence-electron chi connectivity index (χ1n) is 7.75. The Balaban J connectivity index is 1.47. The van der Waals surface area contributed by atoms with Crippen LogP contribution in [0.15, 0.2) is 62.4 Å². The molecule has 0 radical (unpaired) electrons. The molecule has 0 atom stereocenters. The molecule has 0 saturated carbocycles. The van der Waals surface area contributed by atoms with Gasteiger partial charge in [0.15, 0.2) is 10.2 Å². The molecule has 0 bridgehead atoms. The molecule has 0 saturated heterocycles. The third kappa shape index (κ3) is 3.80. The molecule has 0 aliphatic carbocycles. The zero-order chi connectivity index (χ0) is 18.8. The fourth-order valence-corrected chi connectivity index (χ4v) is 4.12. The number of aromatic nitrogens is 1. The van der Waals surface area contributed by atoms with Crippen LogP contribution in [0.4, 0.5) is 5.13 Å². The maximum absolute atomic E-state index is 12.4. The van der Waals surface area contributed by atoms with Crippen molar-refractivity contribution in [3.63, 3.8) is 0 Å².